The molecule has 1 aromatic carbocycles. The number of rotatable bonds is 6. The van der Waals surface area contributed by atoms with Crippen molar-refractivity contribution in [3.63, 3.8) is 0 Å². The average molecular weight is 508 g/mol. The largest absolute Gasteiger partial charge is 1.00 e. The van der Waals surface area contributed by atoms with E-state index in [2.05, 4.69) is 35.2 Å². The molecule has 32 heavy (non-hydrogen) atoms. The lowest BCUT2D eigenvalue weighted by Gasteiger charge is -2.22. The summed E-state index contributed by atoms with van der Waals surface area (Å²) in [5.74, 6) is 0.217. The van der Waals surface area contributed by atoms with Crippen molar-refractivity contribution >= 4 is 42.3 Å². The van der Waals surface area contributed by atoms with Gasteiger partial charge in [0.2, 0.25) is 0 Å². The summed E-state index contributed by atoms with van der Waals surface area (Å²) < 4.78 is 49.8. The number of hydrogen-bond donors (Lipinski definition) is 3. The standard InChI is InChI=1S/C20H20F3N3O3S2.ClH/c1-4-29-17(27)19(30,31)10-15-11(2)16(28-3)7-8-26(15)18-24-13-6-5-12(20(21,22)23)9-14(13)25-18;/h5-9H,4,10H2,1-3H3,(H2-,24,25,30,31);1H. The number of carbonyl (C=O) groups excluding carboxylic acids is 1. The van der Waals surface area contributed by atoms with E-state index in [0.29, 0.717) is 22.5 Å². The van der Waals surface area contributed by atoms with E-state index in [1.165, 1.54) is 13.2 Å². The van der Waals surface area contributed by atoms with E-state index in [4.69, 9.17) is 9.47 Å². The van der Waals surface area contributed by atoms with Crippen molar-refractivity contribution in [3.8, 4) is 11.7 Å². The predicted octanol–water partition coefficient (Wildman–Crippen LogP) is 0.841. The number of carbonyl (C=O) groups is 1. The van der Waals surface area contributed by atoms with Crippen LogP contribution in [0.4, 0.5) is 13.2 Å². The number of H-pyrrole nitrogens is 1. The number of benzene rings is 1. The van der Waals surface area contributed by atoms with Crippen LogP contribution in [-0.4, -0.2) is 33.7 Å². The fourth-order valence-electron chi connectivity index (χ4n) is 3.16. The van der Waals surface area contributed by atoms with Crippen LogP contribution in [0.25, 0.3) is 17.0 Å². The Morgan fingerprint density at radius 2 is 1.94 bits per heavy atom. The fraction of sp³-hybridized carbons (Fsp3) is 0.350. The maximum absolute atomic E-state index is 13.1. The molecule has 0 radical (unpaired) electrons. The normalized spacial score (nSPS) is 11.9. The SMILES string of the molecule is CCOC(=O)C(S)(S)Cc1c(C)c(OC)cc[n+]1-c1nc2ccc(C(F)(F)F)cc2[nH]1.[Cl-]. The molecule has 2 heterocycles. The van der Waals surface area contributed by atoms with Gasteiger partial charge in [0, 0.05) is 18.1 Å². The lowest BCUT2D eigenvalue weighted by molar-refractivity contribution is -0.612. The highest BCUT2D eigenvalue weighted by molar-refractivity contribution is 8.01. The van der Waals surface area contributed by atoms with Gasteiger partial charge in [0.15, 0.2) is 9.60 Å². The molecule has 3 aromatic rings. The van der Waals surface area contributed by atoms with E-state index in [1.807, 2.05) is 0 Å². The minimum absolute atomic E-state index is 0. The van der Waals surface area contributed by atoms with Crippen LogP contribution in [0.2, 0.25) is 0 Å². The van der Waals surface area contributed by atoms with Crippen LogP contribution in [0.15, 0.2) is 30.5 Å². The Labute approximate surface area is 199 Å². The molecule has 0 aliphatic heterocycles. The summed E-state index contributed by atoms with van der Waals surface area (Å²) in [6, 6.07) is 4.97. The molecule has 0 aliphatic carbocycles. The lowest BCUT2D eigenvalue weighted by atomic mass is 10.1. The molecule has 0 unspecified atom stereocenters. The van der Waals surface area contributed by atoms with E-state index in [1.54, 1.807) is 30.7 Å². The quantitative estimate of drug-likeness (QED) is 0.200. The summed E-state index contributed by atoms with van der Waals surface area (Å²) in [5.41, 5.74) is 1.08. The highest BCUT2D eigenvalue weighted by atomic mass is 35.5. The third-order valence-corrected chi connectivity index (χ3v) is 5.41. The van der Waals surface area contributed by atoms with E-state index < -0.39 is 21.8 Å². The Morgan fingerprint density at radius 1 is 1.25 bits per heavy atom. The number of aromatic amines is 1. The molecule has 0 atom stereocenters. The third kappa shape index (κ3) is 5.26. The predicted molar refractivity (Wildman–Crippen MR) is 115 cm³/mol. The van der Waals surface area contributed by atoms with E-state index in [-0.39, 0.29) is 36.9 Å². The van der Waals surface area contributed by atoms with Crippen molar-refractivity contribution < 1.29 is 44.4 Å². The second-order valence-corrected chi connectivity index (χ2v) is 8.71. The molecule has 0 aliphatic rings. The van der Waals surface area contributed by atoms with Crippen molar-refractivity contribution in [2.45, 2.75) is 30.5 Å². The van der Waals surface area contributed by atoms with Crippen LogP contribution in [0, 0.1) is 6.92 Å². The Bertz CT molecular complexity index is 1140. The van der Waals surface area contributed by atoms with Gasteiger partial charge in [0.05, 0.1) is 31.2 Å². The monoisotopic (exact) mass is 507 g/mol. The molecule has 1 N–H and O–H groups in total. The van der Waals surface area contributed by atoms with Gasteiger partial charge in [-0.1, -0.05) is 4.98 Å². The van der Waals surface area contributed by atoms with Gasteiger partial charge in [-0.3, -0.25) is 0 Å². The number of imidazole rings is 1. The second-order valence-electron chi connectivity index (χ2n) is 6.83. The maximum atomic E-state index is 13.1. The second kappa shape index (κ2) is 9.80. The number of pyridine rings is 1. The lowest BCUT2D eigenvalue weighted by Crippen LogP contribution is -3.00. The fourth-order valence-corrected chi connectivity index (χ4v) is 3.58. The minimum Gasteiger partial charge on any atom is -1.00 e. The highest BCUT2D eigenvalue weighted by Gasteiger charge is 2.36. The molecule has 174 valence electrons. The van der Waals surface area contributed by atoms with Crippen LogP contribution in [0.1, 0.15) is 23.7 Å². The van der Waals surface area contributed by atoms with Gasteiger partial charge in [-0.15, -0.1) is 25.3 Å². The van der Waals surface area contributed by atoms with Gasteiger partial charge in [-0.25, -0.2) is 14.3 Å². The zero-order valence-electron chi connectivity index (χ0n) is 17.3. The molecule has 0 saturated carbocycles. The summed E-state index contributed by atoms with van der Waals surface area (Å²) in [5, 5.41) is 0. The molecule has 0 fully saturated rings. The van der Waals surface area contributed by atoms with Gasteiger partial charge in [-0.2, -0.15) is 13.2 Å². The molecule has 0 spiro atoms. The first kappa shape index (κ1) is 26.1. The summed E-state index contributed by atoms with van der Waals surface area (Å²) in [4.78, 5) is 19.6. The van der Waals surface area contributed by atoms with E-state index in [9.17, 15) is 18.0 Å². The average Bonchev–Trinajstić information content (AvgIpc) is 3.12. The Balaban J connectivity index is 0.00000363. The van der Waals surface area contributed by atoms with Crippen LogP contribution in [-0.2, 0) is 22.1 Å². The minimum atomic E-state index is -4.47. The Hall–Kier alpha value is -2.11. The number of hydrogen-bond acceptors (Lipinski definition) is 6. The summed E-state index contributed by atoms with van der Waals surface area (Å²) >= 11 is 8.74. The van der Waals surface area contributed by atoms with Gasteiger partial charge in [0.1, 0.15) is 11.3 Å². The number of nitrogens with zero attached hydrogens (tertiary/aromatic N) is 2. The van der Waals surface area contributed by atoms with Crippen LogP contribution in [0.3, 0.4) is 0 Å². The zero-order chi connectivity index (χ0) is 23.0. The van der Waals surface area contributed by atoms with Crippen molar-refractivity contribution in [1.82, 2.24) is 9.97 Å². The van der Waals surface area contributed by atoms with Gasteiger partial charge in [0.25, 0.3) is 0 Å². The molecular weight excluding hydrogens is 487 g/mol. The summed E-state index contributed by atoms with van der Waals surface area (Å²) in [7, 11) is 1.51. The number of ether oxygens (including phenoxy) is 2. The van der Waals surface area contributed by atoms with Gasteiger partial charge >= 0.3 is 18.1 Å². The smallest absolute Gasteiger partial charge is 0.416 e. The molecule has 6 nitrogen and oxygen atoms in total. The van der Waals surface area contributed by atoms with Gasteiger partial charge < -0.3 is 21.9 Å². The molecule has 0 amide bonds. The van der Waals surface area contributed by atoms with E-state index >= 15 is 0 Å². The Morgan fingerprint density at radius 3 is 2.53 bits per heavy atom. The van der Waals surface area contributed by atoms with Crippen molar-refractivity contribution in [2.24, 2.45) is 0 Å². The zero-order valence-corrected chi connectivity index (χ0v) is 19.9. The van der Waals surface area contributed by atoms with Gasteiger partial charge in [-0.05, 0) is 32.0 Å². The van der Waals surface area contributed by atoms with E-state index in [0.717, 1.165) is 12.1 Å². The van der Waals surface area contributed by atoms with Crippen LogP contribution < -0.4 is 21.7 Å². The summed E-state index contributed by atoms with van der Waals surface area (Å²) in [6.07, 6.45) is -2.79. The number of thiol groups is 2. The topological polar surface area (TPSA) is 68.1 Å². The molecular formula is C20H21ClF3N3O3S2. The van der Waals surface area contributed by atoms with Crippen molar-refractivity contribution in [3.05, 3.63) is 47.3 Å². The number of fused-ring (bicyclic) bond motifs is 1. The molecule has 2 aromatic heterocycles. The molecule has 12 heteroatoms. The molecule has 0 bridgehead atoms. The summed E-state index contributed by atoms with van der Waals surface area (Å²) in [6.45, 7) is 3.64. The first-order valence-corrected chi connectivity index (χ1v) is 10.1. The molecule has 0 saturated heterocycles. The number of alkyl halides is 3. The van der Waals surface area contributed by atoms with Crippen LogP contribution in [0.5, 0.6) is 5.75 Å². The number of esters is 1. The third-order valence-electron chi connectivity index (χ3n) is 4.73. The first-order valence-electron chi connectivity index (χ1n) is 9.25. The molecule has 3 rings (SSSR count). The number of halogens is 4. The van der Waals surface area contributed by atoms with Crippen molar-refractivity contribution in [1.29, 1.82) is 0 Å². The number of nitrogens with one attached hydrogen (secondary N) is 1. The highest BCUT2D eigenvalue weighted by Crippen LogP contribution is 2.32. The number of methoxy groups -OCH3 is 1. The Kier molecular flexibility index (Phi) is 8.01. The maximum Gasteiger partial charge on any atom is 0.416 e. The van der Waals surface area contributed by atoms with Crippen LogP contribution >= 0.6 is 25.3 Å². The van der Waals surface area contributed by atoms with Crippen molar-refractivity contribution in [2.75, 3.05) is 13.7 Å². The number of aromatic nitrogens is 3. The first-order chi connectivity index (χ1) is 14.5.